The summed E-state index contributed by atoms with van der Waals surface area (Å²) < 4.78 is 11.3. The van der Waals surface area contributed by atoms with E-state index in [1.54, 1.807) is 12.1 Å². The van der Waals surface area contributed by atoms with Gasteiger partial charge in [-0.1, -0.05) is 54.6 Å². The Morgan fingerprint density at radius 3 is 2.23 bits per heavy atom. The summed E-state index contributed by atoms with van der Waals surface area (Å²) in [6, 6.07) is 26.6. The zero-order valence-corrected chi connectivity index (χ0v) is 14.4. The molecule has 26 heavy (non-hydrogen) atoms. The molecule has 0 spiro atoms. The Morgan fingerprint density at radius 2 is 1.46 bits per heavy atom. The SMILES string of the molecule is O=C(NCCOc1ccccc1)c1cccc(OCc2ccccc2)c1. The lowest BCUT2D eigenvalue weighted by Gasteiger charge is -2.10. The predicted molar refractivity (Wildman–Crippen MR) is 101 cm³/mol. The van der Waals surface area contributed by atoms with E-state index in [1.165, 1.54) is 0 Å². The number of hydrogen-bond donors (Lipinski definition) is 1. The molecule has 132 valence electrons. The number of para-hydroxylation sites is 1. The van der Waals surface area contributed by atoms with Crippen LogP contribution in [0.25, 0.3) is 0 Å². The molecule has 4 heteroatoms. The van der Waals surface area contributed by atoms with Gasteiger partial charge in [0.15, 0.2) is 0 Å². The Labute approximate surface area is 153 Å². The van der Waals surface area contributed by atoms with E-state index in [-0.39, 0.29) is 5.91 Å². The first kappa shape index (κ1) is 17.5. The van der Waals surface area contributed by atoms with E-state index in [0.29, 0.717) is 31.1 Å². The largest absolute Gasteiger partial charge is 0.492 e. The molecule has 0 aliphatic rings. The van der Waals surface area contributed by atoms with Gasteiger partial charge in [-0.3, -0.25) is 4.79 Å². The zero-order chi connectivity index (χ0) is 18.0. The second-order valence-electron chi connectivity index (χ2n) is 5.72. The fourth-order valence-electron chi connectivity index (χ4n) is 2.42. The average molecular weight is 347 g/mol. The monoisotopic (exact) mass is 347 g/mol. The van der Waals surface area contributed by atoms with Crippen molar-refractivity contribution in [3.8, 4) is 11.5 Å². The Morgan fingerprint density at radius 1 is 0.769 bits per heavy atom. The van der Waals surface area contributed by atoms with Crippen molar-refractivity contribution in [2.24, 2.45) is 0 Å². The molecule has 1 N–H and O–H groups in total. The van der Waals surface area contributed by atoms with Crippen LogP contribution in [0.2, 0.25) is 0 Å². The van der Waals surface area contributed by atoms with Crippen LogP contribution in [0.4, 0.5) is 0 Å². The van der Waals surface area contributed by atoms with Crippen molar-refractivity contribution in [3.05, 3.63) is 96.1 Å². The second-order valence-corrected chi connectivity index (χ2v) is 5.72. The van der Waals surface area contributed by atoms with Crippen LogP contribution in [-0.2, 0) is 6.61 Å². The number of carbonyl (C=O) groups is 1. The summed E-state index contributed by atoms with van der Waals surface area (Å²) in [5.74, 6) is 1.31. The van der Waals surface area contributed by atoms with Gasteiger partial charge in [-0.15, -0.1) is 0 Å². The van der Waals surface area contributed by atoms with Gasteiger partial charge in [0.1, 0.15) is 24.7 Å². The molecule has 1 amide bonds. The molecular weight excluding hydrogens is 326 g/mol. The molecule has 3 aromatic rings. The van der Waals surface area contributed by atoms with Crippen molar-refractivity contribution in [1.29, 1.82) is 0 Å². The third kappa shape index (κ3) is 5.38. The smallest absolute Gasteiger partial charge is 0.251 e. The van der Waals surface area contributed by atoms with Gasteiger partial charge in [0.25, 0.3) is 5.91 Å². The van der Waals surface area contributed by atoms with Gasteiger partial charge in [0.05, 0.1) is 6.54 Å². The van der Waals surface area contributed by atoms with Crippen LogP contribution in [0, 0.1) is 0 Å². The number of benzene rings is 3. The maximum atomic E-state index is 12.3. The van der Waals surface area contributed by atoms with Crippen molar-refractivity contribution in [2.75, 3.05) is 13.2 Å². The Kier molecular flexibility index (Phi) is 6.26. The maximum absolute atomic E-state index is 12.3. The highest BCUT2D eigenvalue weighted by atomic mass is 16.5. The van der Waals surface area contributed by atoms with Crippen molar-refractivity contribution in [2.45, 2.75) is 6.61 Å². The minimum atomic E-state index is -0.146. The molecule has 0 aromatic heterocycles. The summed E-state index contributed by atoms with van der Waals surface area (Å²) >= 11 is 0. The minimum absolute atomic E-state index is 0.146. The number of ether oxygens (including phenoxy) is 2. The normalized spacial score (nSPS) is 10.2. The summed E-state index contributed by atoms with van der Waals surface area (Å²) in [4.78, 5) is 12.3. The average Bonchev–Trinajstić information content (AvgIpc) is 2.71. The Hall–Kier alpha value is -3.27. The van der Waals surface area contributed by atoms with Gasteiger partial charge in [0, 0.05) is 5.56 Å². The molecule has 3 rings (SSSR count). The number of nitrogens with one attached hydrogen (secondary N) is 1. The predicted octanol–water partition coefficient (Wildman–Crippen LogP) is 4.07. The molecule has 0 fully saturated rings. The van der Waals surface area contributed by atoms with Gasteiger partial charge in [-0.25, -0.2) is 0 Å². The van der Waals surface area contributed by atoms with Crippen molar-refractivity contribution in [1.82, 2.24) is 5.32 Å². The van der Waals surface area contributed by atoms with Gasteiger partial charge < -0.3 is 14.8 Å². The van der Waals surface area contributed by atoms with Crippen LogP contribution in [0.5, 0.6) is 11.5 Å². The highest BCUT2D eigenvalue weighted by Gasteiger charge is 2.06. The van der Waals surface area contributed by atoms with Crippen LogP contribution in [0.3, 0.4) is 0 Å². The lowest BCUT2D eigenvalue weighted by molar-refractivity contribution is 0.0946. The molecule has 0 saturated carbocycles. The fraction of sp³-hybridized carbons (Fsp3) is 0.136. The third-order valence-corrected chi connectivity index (χ3v) is 3.74. The zero-order valence-electron chi connectivity index (χ0n) is 14.4. The Balaban J connectivity index is 1.46. The van der Waals surface area contributed by atoms with E-state index in [9.17, 15) is 4.79 Å². The summed E-state index contributed by atoms with van der Waals surface area (Å²) in [5, 5.41) is 2.85. The van der Waals surface area contributed by atoms with E-state index >= 15 is 0 Å². The summed E-state index contributed by atoms with van der Waals surface area (Å²) in [6.45, 7) is 1.32. The summed E-state index contributed by atoms with van der Waals surface area (Å²) in [6.07, 6.45) is 0. The molecule has 0 aliphatic carbocycles. The topological polar surface area (TPSA) is 47.6 Å². The molecule has 0 atom stereocenters. The number of amides is 1. The minimum Gasteiger partial charge on any atom is -0.492 e. The molecular formula is C22H21NO3. The highest BCUT2D eigenvalue weighted by molar-refractivity contribution is 5.94. The third-order valence-electron chi connectivity index (χ3n) is 3.74. The molecule has 4 nitrogen and oxygen atoms in total. The molecule has 0 heterocycles. The van der Waals surface area contributed by atoms with Gasteiger partial charge in [-0.2, -0.15) is 0 Å². The van der Waals surface area contributed by atoms with Crippen molar-refractivity contribution in [3.63, 3.8) is 0 Å². The van der Waals surface area contributed by atoms with E-state index in [2.05, 4.69) is 5.32 Å². The van der Waals surface area contributed by atoms with Crippen molar-refractivity contribution >= 4 is 5.91 Å². The first-order chi connectivity index (χ1) is 12.8. The first-order valence-electron chi connectivity index (χ1n) is 8.54. The lowest BCUT2D eigenvalue weighted by Crippen LogP contribution is -2.28. The number of rotatable bonds is 8. The van der Waals surface area contributed by atoms with Crippen LogP contribution in [0.15, 0.2) is 84.9 Å². The van der Waals surface area contributed by atoms with E-state index in [4.69, 9.17) is 9.47 Å². The van der Waals surface area contributed by atoms with Crippen LogP contribution < -0.4 is 14.8 Å². The van der Waals surface area contributed by atoms with Crippen LogP contribution in [-0.4, -0.2) is 19.1 Å². The van der Waals surface area contributed by atoms with Gasteiger partial charge in [-0.05, 0) is 35.9 Å². The van der Waals surface area contributed by atoms with Crippen molar-refractivity contribution < 1.29 is 14.3 Å². The molecule has 0 unspecified atom stereocenters. The molecule has 0 radical (unpaired) electrons. The first-order valence-corrected chi connectivity index (χ1v) is 8.54. The fourth-order valence-corrected chi connectivity index (χ4v) is 2.42. The molecule has 3 aromatic carbocycles. The van der Waals surface area contributed by atoms with E-state index in [0.717, 1.165) is 11.3 Å². The lowest BCUT2D eigenvalue weighted by atomic mass is 10.2. The van der Waals surface area contributed by atoms with Gasteiger partial charge >= 0.3 is 0 Å². The van der Waals surface area contributed by atoms with Crippen LogP contribution >= 0.6 is 0 Å². The maximum Gasteiger partial charge on any atom is 0.251 e. The number of carbonyl (C=O) groups excluding carboxylic acids is 1. The quantitative estimate of drug-likeness (QED) is 0.625. The molecule has 0 bridgehead atoms. The second kappa shape index (κ2) is 9.28. The summed E-state index contributed by atoms with van der Waals surface area (Å²) in [5.41, 5.74) is 1.65. The standard InChI is InChI=1S/C22H21NO3/c24-22(23-14-15-25-20-11-5-2-6-12-20)19-10-7-13-21(16-19)26-17-18-8-3-1-4-9-18/h1-13,16H,14-15,17H2,(H,23,24). The molecule has 0 aliphatic heterocycles. The van der Waals surface area contributed by atoms with Gasteiger partial charge in [0.2, 0.25) is 0 Å². The van der Waals surface area contributed by atoms with Crippen LogP contribution in [0.1, 0.15) is 15.9 Å². The number of hydrogen-bond acceptors (Lipinski definition) is 3. The van der Waals surface area contributed by atoms with E-state index in [1.807, 2.05) is 72.8 Å². The summed E-state index contributed by atoms with van der Waals surface area (Å²) in [7, 11) is 0. The van der Waals surface area contributed by atoms with E-state index < -0.39 is 0 Å². The molecule has 0 saturated heterocycles. The Bertz CT molecular complexity index is 819. The highest BCUT2D eigenvalue weighted by Crippen LogP contribution is 2.15.